The van der Waals surface area contributed by atoms with E-state index in [2.05, 4.69) is 64.1 Å². The SMILES string of the molecule is Cc1cc(C)cc(C(N)c2cc(C)ccc2C)c1. The van der Waals surface area contributed by atoms with Crippen LogP contribution in [0, 0.1) is 27.7 Å². The van der Waals surface area contributed by atoms with Crippen molar-refractivity contribution >= 4 is 0 Å². The Labute approximate surface area is 110 Å². The average molecular weight is 239 g/mol. The molecule has 0 spiro atoms. The van der Waals surface area contributed by atoms with E-state index in [9.17, 15) is 0 Å². The molecule has 1 heteroatoms. The first kappa shape index (κ1) is 12.8. The normalized spacial score (nSPS) is 12.5. The number of hydrogen-bond acceptors (Lipinski definition) is 1. The Kier molecular flexibility index (Phi) is 3.53. The summed E-state index contributed by atoms with van der Waals surface area (Å²) in [5.74, 6) is 0. The van der Waals surface area contributed by atoms with Crippen molar-refractivity contribution in [2.75, 3.05) is 0 Å². The molecule has 1 nitrogen and oxygen atoms in total. The smallest absolute Gasteiger partial charge is 0.0554 e. The van der Waals surface area contributed by atoms with E-state index in [4.69, 9.17) is 5.73 Å². The van der Waals surface area contributed by atoms with Gasteiger partial charge < -0.3 is 5.73 Å². The lowest BCUT2D eigenvalue weighted by Gasteiger charge is -2.17. The average Bonchev–Trinajstić information content (AvgIpc) is 2.30. The highest BCUT2D eigenvalue weighted by atomic mass is 14.6. The van der Waals surface area contributed by atoms with Gasteiger partial charge in [-0.2, -0.15) is 0 Å². The standard InChI is InChI=1S/C17H21N/c1-11-5-6-14(4)16(10-11)17(18)15-8-12(2)7-13(3)9-15/h5-10,17H,18H2,1-4H3. The number of hydrogen-bond donors (Lipinski definition) is 1. The lowest BCUT2D eigenvalue weighted by Crippen LogP contribution is -2.14. The van der Waals surface area contributed by atoms with Crippen LogP contribution in [0.4, 0.5) is 0 Å². The zero-order valence-corrected chi connectivity index (χ0v) is 11.6. The van der Waals surface area contributed by atoms with E-state index in [1.54, 1.807) is 0 Å². The zero-order chi connectivity index (χ0) is 13.3. The fourth-order valence-corrected chi connectivity index (χ4v) is 2.46. The van der Waals surface area contributed by atoms with E-state index in [0.29, 0.717) is 0 Å². The molecule has 1 unspecified atom stereocenters. The van der Waals surface area contributed by atoms with Crippen LogP contribution in [-0.4, -0.2) is 0 Å². The number of benzene rings is 2. The minimum atomic E-state index is -0.0384. The first-order valence-electron chi connectivity index (χ1n) is 6.38. The first-order chi connectivity index (χ1) is 8.47. The summed E-state index contributed by atoms with van der Waals surface area (Å²) >= 11 is 0. The third-order valence-electron chi connectivity index (χ3n) is 3.37. The van der Waals surface area contributed by atoms with Crippen LogP contribution in [0.25, 0.3) is 0 Å². The summed E-state index contributed by atoms with van der Waals surface area (Å²) in [6, 6.07) is 13.0. The summed E-state index contributed by atoms with van der Waals surface area (Å²) in [7, 11) is 0. The Morgan fingerprint density at radius 1 is 0.778 bits per heavy atom. The quantitative estimate of drug-likeness (QED) is 0.843. The summed E-state index contributed by atoms with van der Waals surface area (Å²) < 4.78 is 0. The van der Waals surface area contributed by atoms with Crippen LogP contribution in [-0.2, 0) is 0 Å². The third kappa shape index (κ3) is 2.62. The molecule has 0 aromatic heterocycles. The van der Waals surface area contributed by atoms with Crippen LogP contribution < -0.4 is 5.73 Å². The van der Waals surface area contributed by atoms with Crippen LogP contribution in [0.15, 0.2) is 36.4 Å². The van der Waals surface area contributed by atoms with Gasteiger partial charge in [0, 0.05) is 0 Å². The zero-order valence-electron chi connectivity index (χ0n) is 11.6. The Balaban J connectivity index is 2.47. The van der Waals surface area contributed by atoms with Gasteiger partial charge in [0.05, 0.1) is 6.04 Å². The van der Waals surface area contributed by atoms with E-state index in [1.165, 1.54) is 33.4 Å². The maximum absolute atomic E-state index is 6.42. The van der Waals surface area contributed by atoms with Crippen LogP contribution in [0.5, 0.6) is 0 Å². The van der Waals surface area contributed by atoms with Crippen molar-refractivity contribution in [1.82, 2.24) is 0 Å². The second-order valence-electron chi connectivity index (χ2n) is 5.26. The summed E-state index contributed by atoms with van der Waals surface area (Å²) in [5, 5.41) is 0. The highest BCUT2D eigenvalue weighted by Crippen LogP contribution is 2.25. The maximum Gasteiger partial charge on any atom is 0.0554 e. The van der Waals surface area contributed by atoms with Gasteiger partial charge in [-0.3, -0.25) is 0 Å². The molecule has 0 fully saturated rings. The maximum atomic E-state index is 6.42. The van der Waals surface area contributed by atoms with E-state index in [1.807, 2.05) is 0 Å². The Hall–Kier alpha value is -1.60. The number of aryl methyl sites for hydroxylation is 4. The first-order valence-corrected chi connectivity index (χ1v) is 6.38. The van der Waals surface area contributed by atoms with Gasteiger partial charge in [0.1, 0.15) is 0 Å². The fourth-order valence-electron chi connectivity index (χ4n) is 2.46. The predicted molar refractivity (Wildman–Crippen MR) is 77.9 cm³/mol. The van der Waals surface area contributed by atoms with Crippen molar-refractivity contribution in [2.24, 2.45) is 5.73 Å². The molecule has 0 aliphatic rings. The van der Waals surface area contributed by atoms with Crippen LogP contribution >= 0.6 is 0 Å². The highest BCUT2D eigenvalue weighted by molar-refractivity contribution is 5.41. The van der Waals surface area contributed by atoms with Gasteiger partial charge in [-0.1, -0.05) is 53.1 Å². The molecule has 0 saturated heterocycles. The van der Waals surface area contributed by atoms with Gasteiger partial charge in [-0.15, -0.1) is 0 Å². The molecule has 0 heterocycles. The summed E-state index contributed by atoms with van der Waals surface area (Å²) in [4.78, 5) is 0. The summed E-state index contributed by atoms with van der Waals surface area (Å²) in [6.07, 6.45) is 0. The Morgan fingerprint density at radius 3 is 2.00 bits per heavy atom. The molecule has 0 radical (unpaired) electrons. The largest absolute Gasteiger partial charge is 0.320 e. The van der Waals surface area contributed by atoms with E-state index in [0.717, 1.165) is 0 Å². The Bertz CT molecular complexity index is 550. The van der Waals surface area contributed by atoms with Crippen molar-refractivity contribution in [3.63, 3.8) is 0 Å². The van der Waals surface area contributed by atoms with Crippen molar-refractivity contribution in [3.8, 4) is 0 Å². The van der Waals surface area contributed by atoms with E-state index < -0.39 is 0 Å². The topological polar surface area (TPSA) is 26.0 Å². The highest BCUT2D eigenvalue weighted by Gasteiger charge is 2.12. The van der Waals surface area contributed by atoms with Gasteiger partial charge in [0.15, 0.2) is 0 Å². The summed E-state index contributed by atoms with van der Waals surface area (Å²) in [5.41, 5.74) is 13.9. The molecule has 0 amide bonds. The number of nitrogens with two attached hydrogens (primary N) is 1. The second kappa shape index (κ2) is 4.95. The van der Waals surface area contributed by atoms with Gasteiger partial charge in [0.2, 0.25) is 0 Å². The molecule has 18 heavy (non-hydrogen) atoms. The molecule has 0 saturated carbocycles. The van der Waals surface area contributed by atoms with Crippen molar-refractivity contribution < 1.29 is 0 Å². The molecule has 2 aromatic carbocycles. The molecular formula is C17H21N. The molecular weight excluding hydrogens is 218 g/mol. The summed E-state index contributed by atoms with van der Waals surface area (Å²) in [6.45, 7) is 8.47. The minimum Gasteiger partial charge on any atom is -0.320 e. The van der Waals surface area contributed by atoms with E-state index in [-0.39, 0.29) is 6.04 Å². The molecule has 2 aromatic rings. The lowest BCUT2D eigenvalue weighted by atomic mass is 9.92. The van der Waals surface area contributed by atoms with Crippen molar-refractivity contribution in [1.29, 1.82) is 0 Å². The second-order valence-corrected chi connectivity index (χ2v) is 5.26. The number of rotatable bonds is 2. The van der Waals surface area contributed by atoms with Gasteiger partial charge in [0.25, 0.3) is 0 Å². The van der Waals surface area contributed by atoms with Gasteiger partial charge >= 0.3 is 0 Å². The van der Waals surface area contributed by atoms with Gasteiger partial charge in [-0.05, 0) is 44.4 Å². The van der Waals surface area contributed by atoms with E-state index >= 15 is 0 Å². The fraction of sp³-hybridized carbons (Fsp3) is 0.294. The molecule has 0 aliphatic carbocycles. The molecule has 2 N–H and O–H groups in total. The molecule has 0 aliphatic heterocycles. The predicted octanol–water partition coefficient (Wildman–Crippen LogP) is 3.97. The lowest BCUT2D eigenvalue weighted by molar-refractivity contribution is 0.856. The van der Waals surface area contributed by atoms with Crippen LogP contribution in [0.1, 0.15) is 39.4 Å². The molecule has 2 rings (SSSR count). The molecule has 94 valence electrons. The monoisotopic (exact) mass is 239 g/mol. The molecule has 0 bridgehead atoms. The Morgan fingerprint density at radius 2 is 1.39 bits per heavy atom. The molecule has 1 atom stereocenters. The third-order valence-corrected chi connectivity index (χ3v) is 3.37. The van der Waals surface area contributed by atoms with Crippen LogP contribution in [0.3, 0.4) is 0 Å². The van der Waals surface area contributed by atoms with Crippen molar-refractivity contribution in [3.05, 3.63) is 69.8 Å². The van der Waals surface area contributed by atoms with Crippen LogP contribution in [0.2, 0.25) is 0 Å². The van der Waals surface area contributed by atoms with Crippen molar-refractivity contribution in [2.45, 2.75) is 33.7 Å². The van der Waals surface area contributed by atoms with Gasteiger partial charge in [-0.25, -0.2) is 0 Å². The minimum absolute atomic E-state index is 0.0384.